The van der Waals surface area contributed by atoms with Gasteiger partial charge < -0.3 is 10.6 Å². The number of hydrogen-bond donors (Lipinski definition) is 2. The molecule has 1 aromatic heterocycles. The van der Waals surface area contributed by atoms with E-state index in [1.54, 1.807) is 18.3 Å². The van der Waals surface area contributed by atoms with Gasteiger partial charge in [-0.1, -0.05) is 23.7 Å². The minimum atomic E-state index is -3.90. The second-order valence-corrected chi connectivity index (χ2v) is 9.51. The molecule has 0 radical (unpaired) electrons. The average molecular weight is 434 g/mol. The number of nitrogens with zero attached hydrogens (tertiary/aromatic N) is 1. The van der Waals surface area contributed by atoms with Crippen LogP contribution in [0.5, 0.6) is 0 Å². The zero-order valence-corrected chi connectivity index (χ0v) is 16.5. The number of hydrogen-bond acceptors (Lipinski definition) is 6. The van der Waals surface area contributed by atoms with Crippen molar-refractivity contribution < 1.29 is 18.0 Å². The number of benzene rings is 2. The van der Waals surface area contributed by atoms with Gasteiger partial charge in [-0.25, -0.2) is 13.4 Å². The van der Waals surface area contributed by atoms with Crippen LogP contribution in [0.15, 0.2) is 58.5 Å². The SMILES string of the molecule is O=C(NCc1cnc(Cl)s1)c1ccc2c(c1)NC(=O)c1ccccc1S2(=O)=O. The standard InChI is InChI=1S/C18H12ClN3O4S2/c19-18-21-9-11(27-18)8-20-16(23)10-5-6-15-13(7-10)22-17(24)12-3-1-2-4-14(12)28(15,25)26/h1-7,9H,8H2,(H,20,23)(H,22,24). The number of fused-ring (bicyclic) bond motifs is 2. The molecule has 2 aromatic carbocycles. The molecule has 0 unspecified atom stereocenters. The molecule has 1 aliphatic rings. The third-order valence-corrected chi connectivity index (χ3v) is 7.13. The number of halogens is 1. The fourth-order valence-corrected chi connectivity index (χ4v) is 5.34. The number of thiazole rings is 1. The molecule has 7 nitrogen and oxygen atoms in total. The molecule has 0 bridgehead atoms. The maximum atomic E-state index is 12.9. The van der Waals surface area contributed by atoms with Crippen molar-refractivity contribution in [2.45, 2.75) is 16.3 Å². The second kappa shape index (κ2) is 7.01. The van der Waals surface area contributed by atoms with E-state index in [0.717, 1.165) is 4.88 Å². The Labute approximate surface area is 169 Å². The van der Waals surface area contributed by atoms with Gasteiger partial charge in [0.15, 0.2) is 4.47 Å². The van der Waals surface area contributed by atoms with Gasteiger partial charge in [0.05, 0.1) is 27.6 Å². The minimum Gasteiger partial charge on any atom is -0.347 e. The normalized spacial score (nSPS) is 14.4. The van der Waals surface area contributed by atoms with Crippen molar-refractivity contribution in [3.05, 3.63) is 69.1 Å². The van der Waals surface area contributed by atoms with Crippen LogP contribution in [0, 0.1) is 0 Å². The number of rotatable bonds is 3. The predicted octanol–water partition coefficient (Wildman–Crippen LogP) is 3.13. The Bertz CT molecular complexity index is 1220. The number of amides is 2. The summed E-state index contributed by atoms with van der Waals surface area (Å²) in [6, 6.07) is 10.1. The summed E-state index contributed by atoms with van der Waals surface area (Å²) in [7, 11) is -3.90. The van der Waals surface area contributed by atoms with Crippen LogP contribution in [0.3, 0.4) is 0 Å². The van der Waals surface area contributed by atoms with E-state index in [-0.39, 0.29) is 33.2 Å². The zero-order valence-electron chi connectivity index (χ0n) is 14.1. The van der Waals surface area contributed by atoms with E-state index in [1.807, 2.05) is 0 Å². The largest absolute Gasteiger partial charge is 0.347 e. The molecule has 2 N–H and O–H groups in total. The van der Waals surface area contributed by atoms with Crippen LogP contribution in [0.25, 0.3) is 0 Å². The van der Waals surface area contributed by atoms with Gasteiger partial charge in [0.2, 0.25) is 9.84 Å². The Kier molecular flexibility index (Phi) is 4.66. The third-order valence-electron chi connectivity index (χ3n) is 4.15. The van der Waals surface area contributed by atoms with Crippen LogP contribution in [0.2, 0.25) is 4.47 Å². The Morgan fingerprint density at radius 3 is 2.71 bits per heavy atom. The molecule has 0 spiro atoms. The van der Waals surface area contributed by atoms with Gasteiger partial charge in [-0.05, 0) is 30.3 Å². The Morgan fingerprint density at radius 1 is 1.18 bits per heavy atom. The van der Waals surface area contributed by atoms with Gasteiger partial charge in [0.1, 0.15) is 0 Å². The highest BCUT2D eigenvalue weighted by Gasteiger charge is 2.31. The third kappa shape index (κ3) is 3.28. The Balaban J connectivity index is 1.66. The Hall–Kier alpha value is -2.75. The van der Waals surface area contributed by atoms with E-state index >= 15 is 0 Å². The van der Waals surface area contributed by atoms with Crippen LogP contribution < -0.4 is 10.6 Å². The number of sulfone groups is 1. The fourth-order valence-electron chi connectivity index (χ4n) is 2.83. The lowest BCUT2D eigenvalue weighted by Crippen LogP contribution is -2.22. The van der Waals surface area contributed by atoms with Crippen LogP contribution in [0.4, 0.5) is 5.69 Å². The van der Waals surface area contributed by atoms with Crippen LogP contribution in [-0.4, -0.2) is 25.2 Å². The summed E-state index contributed by atoms with van der Waals surface area (Å²) in [4.78, 5) is 29.4. The van der Waals surface area contributed by atoms with Crippen molar-refractivity contribution in [3.63, 3.8) is 0 Å². The highest BCUT2D eigenvalue weighted by molar-refractivity contribution is 7.91. The number of anilines is 1. The first kappa shape index (κ1) is 18.6. The molecule has 28 heavy (non-hydrogen) atoms. The molecule has 3 aromatic rings. The van der Waals surface area contributed by atoms with Crippen molar-refractivity contribution in [2.24, 2.45) is 0 Å². The second-order valence-electron chi connectivity index (χ2n) is 5.93. The quantitative estimate of drug-likeness (QED) is 0.660. The minimum absolute atomic E-state index is 0.0587. The van der Waals surface area contributed by atoms with Gasteiger partial charge in [0.25, 0.3) is 11.8 Å². The molecule has 2 amide bonds. The van der Waals surface area contributed by atoms with Gasteiger partial charge in [-0.15, -0.1) is 11.3 Å². The molecule has 1 aliphatic heterocycles. The first-order valence-corrected chi connectivity index (χ1v) is 10.7. The summed E-state index contributed by atoms with van der Waals surface area (Å²) in [5, 5.41) is 5.29. The summed E-state index contributed by atoms with van der Waals surface area (Å²) in [5.74, 6) is -0.962. The molecule has 142 valence electrons. The van der Waals surface area contributed by atoms with Gasteiger partial charge >= 0.3 is 0 Å². The van der Waals surface area contributed by atoms with Crippen molar-refractivity contribution in [2.75, 3.05) is 5.32 Å². The fraction of sp³-hybridized carbons (Fsp3) is 0.0556. The van der Waals surface area contributed by atoms with Crippen LogP contribution in [-0.2, 0) is 16.4 Å². The summed E-state index contributed by atoms with van der Waals surface area (Å²) in [6.45, 7) is 0.233. The highest BCUT2D eigenvalue weighted by Crippen LogP contribution is 2.34. The molecule has 0 aliphatic carbocycles. The molecule has 0 saturated carbocycles. The smallest absolute Gasteiger partial charge is 0.257 e. The van der Waals surface area contributed by atoms with Crippen molar-refractivity contribution in [1.82, 2.24) is 10.3 Å². The lowest BCUT2D eigenvalue weighted by molar-refractivity contribution is 0.0949. The summed E-state index contributed by atoms with van der Waals surface area (Å²) < 4.78 is 26.3. The molecular formula is C18H12ClN3O4S2. The molecule has 2 heterocycles. The topological polar surface area (TPSA) is 105 Å². The van der Waals surface area contributed by atoms with Gasteiger partial charge in [-0.2, -0.15) is 0 Å². The van der Waals surface area contributed by atoms with Crippen molar-refractivity contribution in [1.29, 1.82) is 0 Å². The van der Waals surface area contributed by atoms with E-state index in [1.165, 1.54) is 41.7 Å². The first-order chi connectivity index (χ1) is 13.4. The summed E-state index contributed by atoms with van der Waals surface area (Å²) in [5.41, 5.74) is 0.345. The van der Waals surface area contributed by atoms with E-state index in [4.69, 9.17) is 11.6 Å². The number of carbonyl (C=O) groups excluding carboxylic acids is 2. The van der Waals surface area contributed by atoms with E-state index in [9.17, 15) is 18.0 Å². The first-order valence-electron chi connectivity index (χ1n) is 8.04. The zero-order chi connectivity index (χ0) is 19.9. The molecule has 4 rings (SSSR count). The maximum absolute atomic E-state index is 12.9. The molecule has 0 fully saturated rings. The number of aromatic nitrogens is 1. The molecule has 10 heteroatoms. The lowest BCUT2D eigenvalue weighted by atomic mass is 10.1. The van der Waals surface area contributed by atoms with Gasteiger partial charge in [-0.3, -0.25) is 9.59 Å². The predicted molar refractivity (Wildman–Crippen MR) is 105 cm³/mol. The maximum Gasteiger partial charge on any atom is 0.257 e. The lowest BCUT2D eigenvalue weighted by Gasteiger charge is -2.10. The Morgan fingerprint density at radius 2 is 1.96 bits per heavy atom. The summed E-state index contributed by atoms with van der Waals surface area (Å²) >= 11 is 7.01. The monoisotopic (exact) mass is 433 g/mol. The molecule has 0 atom stereocenters. The van der Waals surface area contributed by atoms with Crippen LogP contribution in [0.1, 0.15) is 25.6 Å². The van der Waals surface area contributed by atoms with Crippen molar-refractivity contribution >= 4 is 50.3 Å². The van der Waals surface area contributed by atoms with E-state index in [2.05, 4.69) is 15.6 Å². The van der Waals surface area contributed by atoms with E-state index in [0.29, 0.717) is 4.47 Å². The highest BCUT2D eigenvalue weighted by atomic mass is 35.5. The molecule has 0 saturated heterocycles. The van der Waals surface area contributed by atoms with Crippen LogP contribution >= 0.6 is 22.9 Å². The number of carbonyl (C=O) groups is 2. The average Bonchev–Trinajstić information content (AvgIpc) is 3.07. The molecular weight excluding hydrogens is 422 g/mol. The summed E-state index contributed by atoms with van der Waals surface area (Å²) in [6.07, 6.45) is 1.56. The van der Waals surface area contributed by atoms with Gasteiger partial charge in [0, 0.05) is 16.6 Å². The number of nitrogens with one attached hydrogen (secondary N) is 2. The van der Waals surface area contributed by atoms with E-state index < -0.39 is 21.7 Å². The van der Waals surface area contributed by atoms with Crippen molar-refractivity contribution in [3.8, 4) is 0 Å².